The molecule has 19 heavy (non-hydrogen) atoms. The molecule has 3 amide bonds. The van der Waals surface area contributed by atoms with Gasteiger partial charge < -0.3 is 25.8 Å². The average Bonchev–Trinajstić information content (AvgIpc) is 2.26. The van der Waals surface area contributed by atoms with Gasteiger partial charge in [-0.2, -0.15) is 0 Å². The summed E-state index contributed by atoms with van der Waals surface area (Å²) >= 11 is 0. The third-order valence-corrected chi connectivity index (χ3v) is 2.77. The van der Waals surface area contributed by atoms with E-state index in [1.54, 1.807) is 0 Å². The van der Waals surface area contributed by atoms with Crippen molar-refractivity contribution in [3.8, 4) is 0 Å². The lowest BCUT2D eigenvalue weighted by atomic mass is 10.0. The first-order chi connectivity index (χ1) is 8.88. The van der Waals surface area contributed by atoms with Crippen molar-refractivity contribution in [1.29, 1.82) is 0 Å². The van der Waals surface area contributed by atoms with Crippen molar-refractivity contribution in [3.63, 3.8) is 0 Å². The fourth-order valence-electron chi connectivity index (χ4n) is 1.95. The summed E-state index contributed by atoms with van der Waals surface area (Å²) < 4.78 is 5.35. The van der Waals surface area contributed by atoms with E-state index in [1.165, 1.54) is 0 Å². The van der Waals surface area contributed by atoms with Crippen molar-refractivity contribution in [3.05, 3.63) is 0 Å². The SMILES string of the molecule is CC1CC(NC(=O)N(CC(N)=O)CC(=O)O)CCO1. The summed E-state index contributed by atoms with van der Waals surface area (Å²) in [6, 6.07) is -0.680. The Morgan fingerprint density at radius 2 is 2.11 bits per heavy atom. The van der Waals surface area contributed by atoms with Gasteiger partial charge in [0.2, 0.25) is 5.91 Å². The molecule has 0 bridgehead atoms. The number of rotatable bonds is 5. The van der Waals surface area contributed by atoms with E-state index in [2.05, 4.69) is 5.32 Å². The largest absolute Gasteiger partial charge is 0.480 e. The zero-order valence-electron chi connectivity index (χ0n) is 10.8. The van der Waals surface area contributed by atoms with Crippen LogP contribution in [-0.4, -0.2) is 59.8 Å². The summed E-state index contributed by atoms with van der Waals surface area (Å²) in [6.07, 6.45) is 1.36. The summed E-state index contributed by atoms with van der Waals surface area (Å²) in [5.74, 6) is -1.95. The summed E-state index contributed by atoms with van der Waals surface area (Å²) in [7, 11) is 0. The van der Waals surface area contributed by atoms with Crippen LogP contribution in [0.1, 0.15) is 19.8 Å². The Morgan fingerprint density at radius 3 is 2.63 bits per heavy atom. The minimum atomic E-state index is -1.20. The number of ether oxygens (including phenoxy) is 1. The van der Waals surface area contributed by atoms with Gasteiger partial charge >= 0.3 is 12.0 Å². The number of carbonyl (C=O) groups excluding carboxylic acids is 2. The van der Waals surface area contributed by atoms with Gasteiger partial charge in [0.15, 0.2) is 0 Å². The molecule has 0 spiro atoms. The van der Waals surface area contributed by atoms with Crippen LogP contribution in [0.4, 0.5) is 4.79 Å². The van der Waals surface area contributed by atoms with E-state index in [-0.39, 0.29) is 12.1 Å². The van der Waals surface area contributed by atoms with Gasteiger partial charge in [0, 0.05) is 12.6 Å². The number of nitrogens with one attached hydrogen (secondary N) is 1. The van der Waals surface area contributed by atoms with E-state index in [0.717, 1.165) is 4.90 Å². The van der Waals surface area contributed by atoms with Crippen LogP contribution >= 0.6 is 0 Å². The predicted molar refractivity (Wildman–Crippen MR) is 65.4 cm³/mol. The molecule has 4 N–H and O–H groups in total. The van der Waals surface area contributed by atoms with Crippen LogP contribution in [0, 0.1) is 0 Å². The molecule has 1 fully saturated rings. The minimum absolute atomic E-state index is 0.0446. The summed E-state index contributed by atoms with van der Waals surface area (Å²) in [5.41, 5.74) is 4.99. The molecule has 1 aliphatic heterocycles. The van der Waals surface area contributed by atoms with Crippen LogP contribution in [0.3, 0.4) is 0 Å². The molecular weight excluding hydrogens is 254 g/mol. The zero-order chi connectivity index (χ0) is 14.4. The first kappa shape index (κ1) is 15.2. The van der Waals surface area contributed by atoms with Crippen LogP contribution in [-0.2, 0) is 14.3 Å². The summed E-state index contributed by atoms with van der Waals surface area (Å²) in [5, 5.41) is 11.4. The van der Waals surface area contributed by atoms with E-state index >= 15 is 0 Å². The standard InChI is InChI=1S/C11H19N3O5/c1-7-4-8(2-3-19-7)13-11(18)14(5-9(12)15)6-10(16)17/h7-8H,2-6H2,1H3,(H2,12,15)(H,13,18)(H,16,17). The van der Waals surface area contributed by atoms with Gasteiger partial charge in [-0.15, -0.1) is 0 Å². The van der Waals surface area contributed by atoms with Crippen LogP contribution in [0.15, 0.2) is 0 Å². The third kappa shape index (κ3) is 5.56. The molecule has 1 aliphatic rings. The second kappa shape index (κ2) is 6.93. The number of nitrogens with zero attached hydrogens (tertiary/aromatic N) is 1. The molecule has 1 rings (SSSR count). The predicted octanol–water partition coefficient (Wildman–Crippen LogP) is -0.865. The number of hydrogen-bond donors (Lipinski definition) is 3. The molecule has 0 aromatic carbocycles. The summed E-state index contributed by atoms with van der Waals surface area (Å²) in [4.78, 5) is 34.2. The molecule has 8 nitrogen and oxygen atoms in total. The summed E-state index contributed by atoms with van der Waals surface area (Å²) in [6.45, 7) is 1.46. The van der Waals surface area contributed by atoms with E-state index < -0.39 is 31.0 Å². The molecule has 0 radical (unpaired) electrons. The molecule has 108 valence electrons. The highest BCUT2D eigenvalue weighted by Gasteiger charge is 2.25. The minimum Gasteiger partial charge on any atom is -0.480 e. The first-order valence-electron chi connectivity index (χ1n) is 6.05. The molecule has 2 unspecified atom stereocenters. The van der Waals surface area contributed by atoms with Crippen LogP contribution < -0.4 is 11.1 Å². The van der Waals surface area contributed by atoms with Gasteiger partial charge in [0.05, 0.1) is 6.10 Å². The van der Waals surface area contributed by atoms with Crippen LogP contribution in [0.5, 0.6) is 0 Å². The molecule has 2 atom stereocenters. The number of carboxylic acids is 1. The lowest BCUT2D eigenvalue weighted by molar-refractivity contribution is -0.137. The molecule has 0 saturated carbocycles. The van der Waals surface area contributed by atoms with Gasteiger partial charge in [-0.25, -0.2) is 4.79 Å². The monoisotopic (exact) mass is 273 g/mol. The number of carboxylic acid groups (broad SMARTS) is 1. The number of amides is 3. The maximum absolute atomic E-state index is 11.9. The van der Waals surface area contributed by atoms with Crippen molar-refractivity contribution >= 4 is 17.9 Å². The lowest BCUT2D eigenvalue weighted by Crippen LogP contribution is -2.51. The van der Waals surface area contributed by atoms with E-state index in [4.69, 9.17) is 15.6 Å². The maximum Gasteiger partial charge on any atom is 0.323 e. The molecule has 1 saturated heterocycles. The number of urea groups is 1. The van der Waals surface area contributed by atoms with Gasteiger partial charge in [0.25, 0.3) is 0 Å². The quantitative estimate of drug-likeness (QED) is 0.601. The first-order valence-corrected chi connectivity index (χ1v) is 6.05. The Hall–Kier alpha value is -1.83. The second-order valence-electron chi connectivity index (χ2n) is 4.57. The zero-order valence-corrected chi connectivity index (χ0v) is 10.8. The Bertz CT molecular complexity index is 344. The Kier molecular flexibility index (Phi) is 5.56. The lowest BCUT2D eigenvalue weighted by Gasteiger charge is -2.30. The Balaban J connectivity index is 2.55. The topological polar surface area (TPSA) is 122 Å². The Labute approximate surface area is 110 Å². The normalized spacial score (nSPS) is 22.6. The highest BCUT2D eigenvalue weighted by Crippen LogP contribution is 2.13. The van der Waals surface area contributed by atoms with Crippen molar-refractivity contribution in [2.75, 3.05) is 19.7 Å². The molecule has 0 aromatic heterocycles. The number of hydrogen-bond acceptors (Lipinski definition) is 4. The number of carbonyl (C=O) groups is 3. The van der Waals surface area contributed by atoms with E-state index in [9.17, 15) is 14.4 Å². The Morgan fingerprint density at radius 1 is 1.42 bits per heavy atom. The van der Waals surface area contributed by atoms with Gasteiger partial charge in [0.1, 0.15) is 13.1 Å². The van der Waals surface area contributed by atoms with E-state index in [1.807, 2.05) is 6.92 Å². The number of nitrogens with two attached hydrogens (primary N) is 1. The smallest absolute Gasteiger partial charge is 0.323 e. The highest BCUT2D eigenvalue weighted by molar-refractivity contribution is 5.86. The highest BCUT2D eigenvalue weighted by atomic mass is 16.5. The molecule has 8 heteroatoms. The second-order valence-corrected chi connectivity index (χ2v) is 4.57. The fraction of sp³-hybridized carbons (Fsp3) is 0.727. The molecule has 0 aromatic rings. The third-order valence-electron chi connectivity index (χ3n) is 2.77. The van der Waals surface area contributed by atoms with Crippen LogP contribution in [0.2, 0.25) is 0 Å². The van der Waals surface area contributed by atoms with Gasteiger partial charge in [-0.1, -0.05) is 0 Å². The number of aliphatic carboxylic acids is 1. The van der Waals surface area contributed by atoms with Crippen LogP contribution in [0.25, 0.3) is 0 Å². The van der Waals surface area contributed by atoms with E-state index in [0.29, 0.717) is 19.4 Å². The molecular formula is C11H19N3O5. The van der Waals surface area contributed by atoms with Crippen molar-refractivity contribution in [2.45, 2.75) is 31.9 Å². The molecule has 1 heterocycles. The number of primary amides is 1. The maximum atomic E-state index is 11.9. The average molecular weight is 273 g/mol. The van der Waals surface area contributed by atoms with Gasteiger partial charge in [-0.05, 0) is 19.8 Å². The van der Waals surface area contributed by atoms with Crippen molar-refractivity contribution < 1.29 is 24.2 Å². The molecule has 0 aliphatic carbocycles. The van der Waals surface area contributed by atoms with Gasteiger partial charge in [-0.3, -0.25) is 9.59 Å². The fourth-order valence-corrected chi connectivity index (χ4v) is 1.95. The van der Waals surface area contributed by atoms with Crippen molar-refractivity contribution in [2.24, 2.45) is 5.73 Å². The van der Waals surface area contributed by atoms with Crippen molar-refractivity contribution in [1.82, 2.24) is 10.2 Å².